The van der Waals surface area contributed by atoms with E-state index in [1.807, 2.05) is 0 Å². The maximum absolute atomic E-state index is 11.9. The normalized spacial score (nSPS) is 51.4. The van der Waals surface area contributed by atoms with Crippen molar-refractivity contribution in [1.82, 2.24) is 5.32 Å². The summed E-state index contributed by atoms with van der Waals surface area (Å²) in [5, 5.41) is 12.6. The molecule has 0 aromatic heterocycles. The highest BCUT2D eigenvalue weighted by Gasteiger charge is 2.60. The fraction of sp³-hybridized carbons (Fsp3) is 0.867. The highest BCUT2D eigenvalue weighted by molar-refractivity contribution is 5.89. The Labute approximate surface area is 112 Å². The number of amides is 1. The molecule has 5 aliphatic rings. The van der Waals surface area contributed by atoms with Crippen LogP contribution >= 0.6 is 0 Å². The number of carbonyl (C=O) groups is 2. The summed E-state index contributed by atoms with van der Waals surface area (Å²) in [5.74, 6) is 2.21. The van der Waals surface area contributed by atoms with Crippen molar-refractivity contribution in [3.05, 3.63) is 0 Å². The van der Waals surface area contributed by atoms with E-state index in [0.29, 0.717) is 18.4 Å². The zero-order chi connectivity index (χ0) is 13.2. The van der Waals surface area contributed by atoms with Crippen LogP contribution < -0.4 is 5.32 Å². The summed E-state index contributed by atoms with van der Waals surface area (Å²) in [6.07, 6.45) is 6.41. The fourth-order valence-electron chi connectivity index (χ4n) is 6.02. The molecule has 5 rings (SSSR count). The molecule has 1 saturated heterocycles. The number of rotatable bonds is 2. The molecule has 104 valence electrons. The van der Waals surface area contributed by atoms with Gasteiger partial charge < -0.3 is 10.4 Å². The summed E-state index contributed by atoms with van der Waals surface area (Å²) >= 11 is 0. The molecule has 2 N–H and O–H groups in total. The lowest BCUT2D eigenvalue weighted by Crippen LogP contribution is -2.55. The Kier molecular flexibility index (Phi) is 2.31. The number of hydrogen-bond acceptors (Lipinski definition) is 2. The standard InChI is InChI=1S/C15H21NO3/c17-12-6-15(7-16-12,14(18)19)13-10-2-8-1-9(4-10)5-11(13)3-8/h8-11,13H,1-7H2,(H,16,17)(H,18,19). The minimum Gasteiger partial charge on any atom is -0.481 e. The van der Waals surface area contributed by atoms with Crippen molar-refractivity contribution in [3.63, 3.8) is 0 Å². The van der Waals surface area contributed by atoms with Gasteiger partial charge in [-0.3, -0.25) is 9.59 Å². The molecule has 0 aromatic carbocycles. The first-order valence-corrected chi connectivity index (χ1v) is 7.58. The minimum atomic E-state index is -0.806. The molecule has 19 heavy (non-hydrogen) atoms. The fourth-order valence-corrected chi connectivity index (χ4v) is 6.02. The van der Waals surface area contributed by atoms with Crippen molar-refractivity contribution in [1.29, 1.82) is 0 Å². The smallest absolute Gasteiger partial charge is 0.312 e. The molecule has 5 fully saturated rings. The first-order chi connectivity index (χ1) is 9.08. The van der Waals surface area contributed by atoms with Crippen LogP contribution in [0, 0.1) is 35.0 Å². The van der Waals surface area contributed by atoms with Gasteiger partial charge in [-0.15, -0.1) is 0 Å². The van der Waals surface area contributed by atoms with Gasteiger partial charge in [-0.05, 0) is 61.7 Å². The molecule has 4 nitrogen and oxygen atoms in total. The number of aliphatic carboxylic acids is 1. The average Bonchev–Trinajstić information content (AvgIpc) is 2.71. The van der Waals surface area contributed by atoms with E-state index >= 15 is 0 Å². The van der Waals surface area contributed by atoms with Gasteiger partial charge in [0.2, 0.25) is 5.91 Å². The molecule has 4 aliphatic carbocycles. The molecule has 1 unspecified atom stereocenters. The zero-order valence-corrected chi connectivity index (χ0v) is 11.1. The minimum absolute atomic E-state index is 0.0730. The van der Waals surface area contributed by atoms with Crippen LogP contribution in [0.4, 0.5) is 0 Å². The van der Waals surface area contributed by atoms with Crippen LogP contribution in [0.5, 0.6) is 0 Å². The van der Waals surface area contributed by atoms with Crippen LogP contribution in [0.15, 0.2) is 0 Å². The maximum Gasteiger partial charge on any atom is 0.312 e. The van der Waals surface area contributed by atoms with Gasteiger partial charge in [0.25, 0.3) is 0 Å². The van der Waals surface area contributed by atoms with E-state index < -0.39 is 11.4 Å². The average molecular weight is 263 g/mol. The Bertz CT molecular complexity index is 419. The number of carbonyl (C=O) groups excluding carboxylic acids is 1. The van der Waals surface area contributed by atoms with Gasteiger partial charge in [0.05, 0.1) is 5.41 Å². The molecule has 4 bridgehead atoms. The quantitative estimate of drug-likeness (QED) is 0.796. The molecule has 4 saturated carbocycles. The number of hydrogen-bond donors (Lipinski definition) is 2. The molecular weight excluding hydrogens is 242 g/mol. The summed E-state index contributed by atoms with van der Waals surface area (Å²) in [5.41, 5.74) is -0.806. The van der Waals surface area contributed by atoms with Gasteiger partial charge in [-0.1, -0.05) is 0 Å². The SMILES string of the molecule is O=C1CC(C(=O)O)(C2C3CC4CC(C3)CC2C4)CN1. The van der Waals surface area contributed by atoms with Gasteiger partial charge in [-0.2, -0.15) is 0 Å². The molecule has 1 atom stereocenters. The van der Waals surface area contributed by atoms with Crippen LogP contribution in [-0.4, -0.2) is 23.5 Å². The second-order valence-electron chi connectivity index (χ2n) is 7.37. The van der Waals surface area contributed by atoms with Gasteiger partial charge in [0.15, 0.2) is 0 Å². The van der Waals surface area contributed by atoms with Crippen LogP contribution in [0.25, 0.3) is 0 Å². The third kappa shape index (κ3) is 1.52. The predicted molar refractivity (Wildman–Crippen MR) is 68.2 cm³/mol. The molecule has 1 amide bonds. The second-order valence-corrected chi connectivity index (χ2v) is 7.37. The van der Waals surface area contributed by atoms with E-state index in [-0.39, 0.29) is 18.2 Å². The van der Waals surface area contributed by atoms with Crippen molar-refractivity contribution in [3.8, 4) is 0 Å². The summed E-state index contributed by atoms with van der Waals surface area (Å²) in [7, 11) is 0. The van der Waals surface area contributed by atoms with E-state index in [9.17, 15) is 14.7 Å². The lowest BCUT2D eigenvalue weighted by molar-refractivity contribution is -0.165. The van der Waals surface area contributed by atoms with Crippen LogP contribution in [0.2, 0.25) is 0 Å². The van der Waals surface area contributed by atoms with Gasteiger partial charge in [0, 0.05) is 13.0 Å². The highest BCUT2D eigenvalue weighted by atomic mass is 16.4. The summed E-state index contributed by atoms with van der Waals surface area (Å²) < 4.78 is 0. The molecular formula is C15H21NO3. The highest BCUT2D eigenvalue weighted by Crippen LogP contribution is 2.62. The second kappa shape index (κ2) is 3.74. The zero-order valence-electron chi connectivity index (χ0n) is 11.1. The van der Waals surface area contributed by atoms with E-state index in [4.69, 9.17) is 0 Å². The predicted octanol–water partition coefficient (Wildman–Crippen LogP) is 1.65. The van der Waals surface area contributed by atoms with Crippen LogP contribution in [0.1, 0.15) is 38.5 Å². The monoisotopic (exact) mass is 263 g/mol. The Morgan fingerprint density at radius 1 is 1.11 bits per heavy atom. The summed E-state index contributed by atoms with van der Waals surface area (Å²) in [6, 6.07) is 0. The lowest BCUT2D eigenvalue weighted by atomic mass is 9.46. The summed E-state index contributed by atoms with van der Waals surface area (Å²) in [4.78, 5) is 23.5. The first-order valence-electron chi connectivity index (χ1n) is 7.58. The third-order valence-electron chi connectivity index (χ3n) is 6.37. The van der Waals surface area contributed by atoms with Crippen molar-refractivity contribution in [2.75, 3.05) is 6.54 Å². The van der Waals surface area contributed by atoms with E-state index in [1.165, 1.54) is 32.1 Å². The van der Waals surface area contributed by atoms with Crippen LogP contribution in [-0.2, 0) is 9.59 Å². The molecule has 4 heteroatoms. The molecule has 0 aromatic rings. The maximum atomic E-state index is 11.9. The van der Waals surface area contributed by atoms with E-state index in [2.05, 4.69) is 5.32 Å². The first kappa shape index (κ1) is 11.7. The molecule has 0 spiro atoms. The Hall–Kier alpha value is -1.06. The number of nitrogens with one attached hydrogen (secondary N) is 1. The molecule has 1 aliphatic heterocycles. The number of carboxylic acids is 1. The Morgan fingerprint density at radius 3 is 2.11 bits per heavy atom. The Morgan fingerprint density at radius 2 is 1.68 bits per heavy atom. The number of carboxylic acid groups (broad SMARTS) is 1. The van der Waals surface area contributed by atoms with Crippen molar-refractivity contribution >= 4 is 11.9 Å². The van der Waals surface area contributed by atoms with E-state index in [1.54, 1.807) is 0 Å². The van der Waals surface area contributed by atoms with Crippen molar-refractivity contribution < 1.29 is 14.7 Å². The summed E-state index contributed by atoms with van der Waals surface area (Å²) in [6.45, 7) is 0.355. The lowest BCUT2D eigenvalue weighted by Gasteiger charge is -2.58. The van der Waals surface area contributed by atoms with Gasteiger partial charge in [0.1, 0.15) is 0 Å². The Balaban J connectivity index is 1.70. The van der Waals surface area contributed by atoms with E-state index in [0.717, 1.165) is 11.8 Å². The largest absolute Gasteiger partial charge is 0.481 e. The van der Waals surface area contributed by atoms with Crippen molar-refractivity contribution in [2.45, 2.75) is 38.5 Å². The van der Waals surface area contributed by atoms with Gasteiger partial charge in [-0.25, -0.2) is 0 Å². The molecule has 0 radical (unpaired) electrons. The van der Waals surface area contributed by atoms with Crippen molar-refractivity contribution in [2.24, 2.45) is 35.0 Å². The third-order valence-corrected chi connectivity index (χ3v) is 6.37. The topological polar surface area (TPSA) is 66.4 Å². The van der Waals surface area contributed by atoms with Crippen LogP contribution in [0.3, 0.4) is 0 Å². The molecule has 1 heterocycles. The van der Waals surface area contributed by atoms with Gasteiger partial charge >= 0.3 is 5.97 Å².